The Morgan fingerprint density at radius 3 is 2.48 bits per heavy atom. The van der Waals surface area contributed by atoms with Crippen LogP contribution in [0.3, 0.4) is 0 Å². The lowest BCUT2D eigenvalue weighted by Crippen LogP contribution is -2.19. The van der Waals surface area contributed by atoms with Crippen molar-refractivity contribution < 1.29 is 8.78 Å². The Morgan fingerprint density at radius 2 is 1.74 bits per heavy atom. The summed E-state index contributed by atoms with van der Waals surface area (Å²) in [5.41, 5.74) is 14.7. The van der Waals surface area contributed by atoms with Crippen LogP contribution in [0.5, 0.6) is 0 Å². The van der Waals surface area contributed by atoms with Crippen LogP contribution in [0.4, 0.5) is 8.78 Å². The van der Waals surface area contributed by atoms with E-state index in [1.54, 1.807) is 12.1 Å². The molecule has 1 fully saturated rings. The van der Waals surface area contributed by atoms with Crippen molar-refractivity contribution in [3.05, 3.63) is 124 Å². The number of hydrogen-bond donors (Lipinski definition) is 1. The minimum atomic E-state index is -0.275. The lowest BCUT2D eigenvalue weighted by molar-refractivity contribution is 0.277. The van der Waals surface area contributed by atoms with Gasteiger partial charge < -0.3 is 10.3 Å². The van der Waals surface area contributed by atoms with Crippen molar-refractivity contribution in [1.29, 1.82) is 0 Å². The second-order valence-corrected chi connectivity index (χ2v) is 11.7. The summed E-state index contributed by atoms with van der Waals surface area (Å²) in [6.45, 7) is 8.63. The molecule has 5 aromatic rings. The first kappa shape index (κ1) is 27.8. The van der Waals surface area contributed by atoms with Crippen LogP contribution in [0.1, 0.15) is 58.6 Å². The minimum absolute atomic E-state index is 0.189. The first-order valence-corrected chi connectivity index (χ1v) is 14.7. The number of hydrogen-bond acceptors (Lipinski definition) is 3. The number of aryl methyl sites for hydroxylation is 4. The molecule has 6 rings (SSSR count). The van der Waals surface area contributed by atoms with Gasteiger partial charge in [-0.1, -0.05) is 43.3 Å². The zero-order valence-corrected chi connectivity index (χ0v) is 24.3. The Bertz CT molecular complexity index is 1800. The van der Waals surface area contributed by atoms with Gasteiger partial charge in [0.2, 0.25) is 0 Å². The summed E-state index contributed by atoms with van der Waals surface area (Å²) in [6, 6.07) is 20.5. The molecule has 1 saturated carbocycles. The molecule has 0 radical (unpaired) electrons. The molecule has 1 aliphatic carbocycles. The number of halogens is 2. The van der Waals surface area contributed by atoms with Crippen molar-refractivity contribution in [2.24, 2.45) is 11.7 Å². The fourth-order valence-corrected chi connectivity index (χ4v) is 5.85. The number of aromatic nitrogens is 3. The third kappa shape index (κ3) is 5.71. The van der Waals surface area contributed by atoms with E-state index >= 15 is 4.39 Å². The van der Waals surface area contributed by atoms with Crippen LogP contribution < -0.4 is 5.73 Å². The molecule has 3 aromatic carbocycles. The van der Waals surface area contributed by atoms with Crippen molar-refractivity contribution in [1.82, 2.24) is 14.5 Å². The lowest BCUT2D eigenvalue weighted by atomic mass is 9.85. The average molecular weight is 563 g/mol. The van der Waals surface area contributed by atoms with Gasteiger partial charge in [-0.15, -0.1) is 0 Å². The van der Waals surface area contributed by atoms with Gasteiger partial charge in [0.05, 0.1) is 16.7 Å². The molecule has 0 amide bonds. The van der Waals surface area contributed by atoms with E-state index in [1.807, 2.05) is 68.4 Å². The molecule has 2 aromatic heterocycles. The van der Waals surface area contributed by atoms with E-state index in [9.17, 15) is 4.39 Å². The smallest absolute Gasteiger partial charge is 0.127 e. The number of rotatable bonds is 9. The standard InChI is InChI=1S/C36H36F2N4/c1-22-10-11-26(31(37)16-22)12-14-29-8-5-9-33(40-29)30-20-32(38)28(17-23(30)2)19-36-41-34-15-13-27(24(3)39)18-35(34)42(36)21-25-6-4-7-25/h5,8-11,13,15-18,20,25H,3-4,6-7,12,14,19,21,39H2,1-2H3. The summed E-state index contributed by atoms with van der Waals surface area (Å²) in [7, 11) is 0. The van der Waals surface area contributed by atoms with Gasteiger partial charge in [0, 0.05) is 29.9 Å². The maximum Gasteiger partial charge on any atom is 0.127 e. The van der Waals surface area contributed by atoms with E-state index in [2.05, 4.69) is 11.1 Å². The number of imidazole rings is 1. The SMILES string of the molecule is C=C(N)c1ccc2nc(Cc3cc(C)c(-c4cccc(CCc5ccc(C)cc5F)n4)cc3F)n(CC3CCC3)c2c1. The highest BCUT2D eigenvalue weighted by Crippen LogP contribution is 2.32. The summed E-state index contributed by atoms with van der Waals surface area (Å²) < 4.78 is 32.3. The summed E-state index contributed by atoms with van der Waals surface area (Å²) in [5.74, 6) is 1.00. The van der Waals surface area contributed by atoms with Crippen LogP contribution in [-0.2, 0) is 25.8 Å². The van der Waals surface area contributed by atoms with Crippen molar-refractivity contribution >= 4 is 16.7 Å². The van der Waals surface area contributed by atoms with Crippen LogP contribution in [0.2, 0.25) is 0 Å². The van der Waals surface area contributed by atoms with E-state index < -0.39 is 0 Å². The van der Waals surface area contributed by atoms with Crippen molar-refractivity contribution in [3.8, 4) is 11.3 Å². The third-order valence-electron chi connectivity index (χ3n) is 8.55. The van der Waals surface area contributed by atoms with Gasteiger partial charge in [0.25, 0.3) is 0 Å². The Labute approximate surface area is 245 Å². The number of nitrogens with zero attached hydrogens (tertiary/aromatic N) is 3. The van der Waals surface area contributed by atoms with Gasteiger partial charge >= 0.3 is 0 Å². The average Bonchev–Trinajstić information content (AvgIpc) is 3.28. The highest BCUT2D eigenvalue weighted by atomic mass is 19.1. The second-order valence-electron chi connectivity index (χ2n) is 11.7. The molecule has 1 aliphatic rings. The molecule has 2 heterocycles. The molecule has 2 N–H and O–H groups in total. The van der Waals surface area contributed by atoms with E-state index in [1.165, 1.54) is 19.3 Å². The maximum absolute atomic E-state index is 15.7. The summed E-state index contributed by atoms with van der Waals surface area (Å²) in [5, 5.41) is 0. The predicted molar refractivity (Wildman–Crippen MR) is 166 cm³/mol. The van der Waals surface area contributed by atoms with E-state index in [4.69, 9.17) is 15.7 Å². The molecule has 42 heavy (non-hydrogen) atoms. The summed E-state index contributed by atoms with van der Waals surface area (Å²) >= 11 is 0. The maximum atomic E-state index is 15.7. The number of nitrogens with two attached hydrogens (primary N) is 1. The van der Waals surface area contributed by atoms with Crippen LogP contribution >= 0.6 is 0 Å². The van der Waals surface area contributed by atoms with Crippen LogP contribution in [-0.4, -0.2) is 14.5 Å². The minimum Gasteiger partial charge on any atom is -0.399 e. The first-order valence-electron chi connectivity index (χ1n) is 14.7. The highest BCUT2D eigenvalue weighted by molar-refractivity contribution is 5.81. The van der Waals surface area contributed by atoms with E-state index in [0.717, 1.165) is 51.4 Å². The van der Waals surface area contributed by atoms with Crippen LogP contribution in [0.25, 0.3) is 28.0 Å². The van der Waals surface area contributed by atoms with Gasteiger partial charge in [-0.2, -0.15) is 0 Å². The molecular weight excluding hydrogens is 526 g/mol. The first-order chi connectivity index (χ1) is 20.2. The number of benzene rings is 3. The summed E-state index contributed by atoms with van der Waals surface area (Å²) in [4.78, 5) is 9.74. The fourth-order valence-electron chi connectivity index (χ4n) is 5.85. The molecule has 0 atom stereocenters. The highest BCUT2D eigenvalue weighted by Gasteiger charge is 2.22. The Morgan fingerprint density at radius 1 is 0.929 bits per heavy atom. The zero-order chi connectivity index (χ0) is 29.4. The molecule has 0 spiro atoms. The largest absolute Gasteiger partial charge is 0.399 e. The molecule has 4 nitrogen and oxygen atoms in total. The Balaban J connectivity index is 1.27. The van der Waals surface area contributed by atoms with Gasteiger partial charge in [0.15, 0.2) is 0 Å². The Hall–Kier alpha value is -4.32. The molecule has 6 heteroatoms. The molecule has 0 aliphatic heterocycles. The van der Waals surface area contributed by atoms with Crippen molar-refractivity contribution in [3.63, 3.8) is 0 Å². The summed E-state index contributed by atoms with van der Waals surface area (Å²) in [6.07, 6.45) is 5.21. The third-order valence-corrected chi connectivity index (χ3v) is 8.55. The normalized spacial score (nSPS) is 13.4. The molecule has 0 saturated heterocycles. The fraction of sp³-hybridized carbons (Fsp3) is 0.278. The zero-order valence-electron chi connectivity index (χ0n) is 24.3. The predicted octanol–water partition coefficient (Wildman–Crippen LogP) is 8.10. The van der Waals surface area contributed by atoms with Gasteiger partial charge in [-0.05, 0) is 110 Å². The molecule has 0 bridgehead atoms. The van der Waals surface area contributed by atoms with Gasteiger partial charge in [0.1, 0.15) is 17.5 Å². The molecular formula is C36H36F2N4. The van der Waals surface area contributed by atoms with E-state index in [-0.39, 0.29) is 11.6 Å². The monoisotopic (exact) mass is 562 g/mol. The Kier molecular flexibility index (Phi) is 7.63. The molecule has 214 valence electrons. The number of pyridine rings is 1. The topological polar surface area (TPSA) is 56.7 Å². The van der Waals surface area contributed by atoms with Gasteiger partial charge in [-0.25, -0.2) is 13.8 Å². The molecule has 0 unspecified atom stereocenters. The van der Waals surface area contributed by atoms with Gasteiger partial charge in [-0.3, -0.25) is 4.98 Å². The van der Waals surface area contributed by atoms with Crippen LogP contribution in [0.15, 0.2) is 73.3 Å². The number of fused-ring (bicyclic) bond motifs is 1. The van der Waals surface area contributed by atoms with Crippen molar-refractivity contribution in [2.45, 2.75) is 58.9 Å². The van der Waals surface area contributed by atoms with E-state index in [0.29, 0.717) is 47.7 Å². The quantitative estimate of drug-likeness (QED) is 0.197. The van der Waals surface area contributed by atoms with Crippen molar-refractivity contribution in [2.75, 3.05) is 0 Å². The lowest BCUT2D eigenvalue weighted by Gasteiger charge is -2.27. The van der Waals surface area contributed by atoms with Crippen LogP contribution in [0, 0.1) is 31.4 Å². The second kappa shape index (κ2) is 11.5.